The SMILES string of the molecule is Cc1cccc(N2CCN(C(=O)c3ccccc3OCc3csc(C)n3)CC2)c1. The lowest BCUT2D eigenvalue weighted by molar-refractivity contribution is 0.0742. The third-order valence-electron chi connectivity index (χ3n) is 5.09. The summed E-state index contributed by atoms with van der Waals surface area (Å²) < 4.78 is 5.94. The van der Waals surface area contributed by atoms with Gasteiger partial charge in [-0.15, -0.1) is 11.3 Å². The fourth-order valence-electron chi connectivity index (χ4n) is 3.56. The Morgan fingerprint density at radius 1 is 1.07 bits per heavy atom. The van der Waals surface area contributed by atoms with Crippen LogP contribution < -0.4 is 9.64 Å². The third kappa shape index (κ3) is 4.59. The number of anilines is 1. The van der Waals surface area contributed by atoms with Crippen molar-refractivity contribution in [2.24, 2.45) is 0 Å². The molecule has 2 heterocycles. The van der Waals surface area contributed by atoms with Crippen LogP contribution in [0.3, 0.4) is 0 Å². The molecule has 0 atom stereocenters. The first-order chi connectivity index (χ1) is 14.1. The number of hydrogen-bond donors (Lipinski definition) is 0. The van der Waals surface area contributed by atoms with Gasteiger partial charge in [-0.1, -0.05) is 24.3 Å². The zero-order valence-electron chi connectivity index (χ0n) is 16.8. The first-order valence-electron chi connectivity index (χ1n) is 9.84. The molecule has 3 aromatic rings. The lowest BCUT2D eigenvalue weighted by Gasteiger charge is -2.36. The van der Waals surface area contributed by atoms with Crippen molar-refractivity contribution in [2.45, 2.75) is 20.5 Å². The molecule has 6 heteroatoms. The highest BCUT2D eigenvalue weighted by molar-refractivity contribution is 7.09. The van der Waals surface area contributed by atoms with Gasteiger partial charge in [-0.05, 0) is 43.7 Å². The van der Waals surface area contributed by atoms with Crippen LogP contribution in [0.2, 0.25) is 0 Å². The summed E-state index contributed by atoms with van der Waals surface area (Å²) >= 11 is 1.60. The molecule has 2 aromatic carbocycles. The van der Waals surface area contributed by atoms with E-state index in [1.807, 2.05) is 41.5 Å². The van der Waals surface area contributed by atoms with Crippen LogP contribution in [0.5, 0.6) is 5.75 Å². The summed E-state index contributed by atoms with van der Waals surface area (Å²) in [5, 5.41) is 3.00. The van der Waals surface area contributed by atoms with Gasteiger partial charge in [0.1, 0.15) is 12.4 Å². The van der Waals surface area contributed by atoms with Gasteiger partial charge in [-0.2, -0.15) is 0 Å². The Morgan fingerprint density at radius 2 is 1.86 bits per heavy atom. The summed E-state index contributed by atoms with van der Waals surface area (Å²) in [5.41, 5.74) is 3.98. The Hall–Kier alpha value is -2.86. The van der Waals surface area contributed by atoms with Crippen LogP contribution in [-0.4, -0.2) is 42.0 Å². The Labute approximate surface area is 175 Å². The summed E-state index contributed by atoms with van der Waals surface area (Å²) in [7, 11) is 0. The number of carbonyl (C=O) groups excluding carboxylic acids is 1. The second-order valence-electron chi connectivity index (χ2n) is 7.26. The normalized spacial score (nSPS) is 14.1. The largest absolute Gasteiger partial charge is 0.486 e. The molecule has 1 aliphatic heterocycles. The topological polar surface area (TPSA) is 45.7 Å². The molecule has 1 saturated heterocycles. The highest BCUT2D eigenvalue weighted by Gasteiger charge is 2.24. The van der Waals surface area contributed by atoms with Crippen LogP contribution in [0.4, 0.5) is 5.69 Å². The minimum absolute atomic E-state index is 0.0268. The van der Waals surface area contributed by atoms with E-state index in [9.17, 15) is 4.79 Å². The van der Waals surface area contributed by atoms with Crippen LogP contribution in [-0.2, 0) is 6.61 Å². The fourth-order valence-corrected chi connectivity index (χ4v) is 4.16. The van der Waals surface area contributed by atoms with E-state index in [-0.39, 0.29) is 5.91 Å². The summed E-state index contributed by atoms with van der Waals surface area (Å²) in [6.07, 6.45) is 0. The Morgan fingerprint density at radius 3 is 2.59 bits per heavy atom. The van der Waals surface area contributed by atoms with Crippen molar-refractivity contribution in [1.82, 2.24) is 9.88 Å². The molecular formula is C23H25N3O2S. The van der Waals surface area contributed by atoms with Gasteiger partial charge >= 0.3 is 0 Å². The van der Waals surface area contributed by atoms with Gasteiger partial charge in [-0.25, -0.2) is 4.98 Å². The van der Waals surface area contributed by atoms with Gasteiger partial charge in [0, 0.05) is 37.2 Å². The molecule has 1 amide bonds. The number of aromatic nitrogens is 1. The molecule has 0 aliphatic carbocycles. The van der Waals surface area contributed by atoms with Crippen LogP contribution in [0, 0.1) is 13.8 Å². The Bertz CT molecular complexity index is 993. The fraction of sp³-hybridized carbons (Fsp3) is 0.304. The number of rotatable bonds is 5. The summed E-state index contributed by atoms with van der Waals surface area (Å²) in [4.78, 5) is 21.8. The number of benzene rings is 2. The maximum atomic E-state index is 13.1. The van der Waals surface area contributed by atoms with E-state index >= 15 is 0 Å². The standard InChI is InChI=1S/C23H25N3O2S/c1-17-6-5-7-20(14-17)25-10-12-26(13-11-25)23(27)21-8-3-4-9-22(21)28-15-19-16-29-18(2)24-19/h3-9,14,16H,10-13,15H2,1-2H3. The van der Waals surface area contributed by atoms with Gasteiger partial charge in [0.05, 0.1) is 16.3 Å². The smallest absolute Gasteiger partial charge is 0.257 e. The van der Waals surface area contributed by atoms with Gasteiger partial charge in [0.25, 0.3) is 5.91 Å². The number of ether oxygens (including phenoxy) is 1. The maximum absolute atomic E-state index is 13.1. The zero-order valence-corrected chi connectivity index (χ0v) is 17.6. The molecule has 1 fully saturated rings. The molecule has 29 heavy (non-hydrogen) atoms. The average Bonchev–Trinajstić information content (AvgIpc) is 3.17. The number of aryl methyl sites for hydroxylation is 2. The highest BCUT2D eigenvalue weighted by atomic mass is 32.1. The molecular weight excluding hydrogens is 382 g/mol. The molecule has 150 valence electrons. The predicted octanol–water partition coefficient (Wildman–Crippen LogP) is 4.30. The molecule has 0 bridgehead atoms. The summed E-state index contributed by atoms with van der Waals surface area (Å²) in [6.45, 7) is 7.51. The average molecular weight is 408 g/mol. The molecule has 5 nitrogen and oxygen atoms in total. The van der Waals surface area contributed by atoms with E-state index in [1.165, 1.54) is 11.3 Å². The van der Waals surface area contributed by atoms with Gasteiger partial charge in [0.2, 0.25) is 0 Å². The molecule has 1 aromatic heterocycles. The van der Waals surface area contributed by atoms with Crippen LogP contribution in [0.15, 0.2) is 53.9 Å². The maximum Gasteiger partial charge on any atom is 0.257 e. The van der Waals surface area contributed by atoms with Crippen LogP contribution >= 0.6 is 11.3 Å². The molecule has 4 rings (SSSR count). The quantitative estimate of drug-likeness (QED) is 0.633. The van der Waals surface area contributed by atoms with Crippen molar-refractivity contribution in [2.75, 3.05) is 31.1 Å². The van der Waals surface area contributed by atoms with Crippen molar-refractivity contribution in [3.05, 3.63) is 75.7 Å². The minimum atomic E-state index is 0.0268. The van der Waals surface area contributed by atoms with Crippen molar-refractivity contribution in [1.29, 1.82) is 0 Å². The summed E-state index contributed by atoms with van der Waals surface area (Å²) in [6, 6.07) is 16.0. The van der Waals surface area contributed by atoms with E-state index in [4.69, 9.17) is 4.74 Å². The van der Waals surface area contributed by atoms with E-state index in [0.29, 0.717) is 31.0 Å². The number of amides is 1. The number of thiazole rings is 1. The van der Waals surface area contributed by atoms with Crippen molar-refractivity contribution < 1.29 is 9.53 Å². The van der Waals surface area contributed by atoms with Crippen molar-refractivity contribution in [3.63, 3.8) is 0 Å². The number of hydrogen-bond acceptors (Lipinski definition) is 5. The van der Waals surface area contributed by atoms with Gasteiger partial charge in [-0.3, -0.25) is 4.79 Å². The van der Waals surface area contributed by atoms with E-state index in [1.54, 1.807) is 11.3 Å². The first-order valence-corrected chi connectivity index (χ1v) is 10.7. The molecule has 0 spiro atoms. The van der Waals surface area contributed by atoms with Gasteiger partial charge < -0.3 is 14.5 Å². The second kappa shape index (κ2) is 8.66. The van der Waals surface area contributed by atoms with Crippen molar-refractivity contribution in [3.8, 4) is 5.75 Å². The van der Waals surface area contributed by atoms with Crippen LogP contribution in [0.1, 0.15) is 26.6 Å². The van der Waals surface area contributed by atoms with E-state index in [0.717, 1.165) is 23.8 Å². The van der Waals surface area contributed by atoms with Crippen molar-refractivity contribution >= 4 is 22.9 Å². The molecule has 0 saturated carbocycles. The lowest BCUT2D eigenvalue weighted by Crippen LogP contribution is -2.48. The lowest BCUT2D eigenvalue weighted by atomic mass is 10.1. The molecule has 1 aliphatic rings. The third-order valence-corrected chi connectivity index (χ3v) is 5.92. The number of nitrogens with zero attached hydrogens (tertiary/aromatic N) is 3. The molecule has 0 radical (unpaired) electrons. The second-order valence-corrected chi connectivity index (χ2v) is 8.32. The number of piperazine rings is 1. The van der Waals surface area contributed by atoms with E-state index < -0.39 is 0 Å². The summed E-state index contributed by atoms with van der Waals surface area (Å²) in [5.74, 6) is 0.642. The monoisotopic (exact) mass is 407 g/mol. The highest BCUT2D eigenvalue weighted by Crippen LogP contribution is 2.23. The van der Waals surface area contributed by atoms with E-state index in [2.05, 4.69) is 41.1 Å². The first kappa shape index (κ1) is 19.5. The van der Waals surface area contributed by atoms with Crippen LogP contribution in [0.25, 0.3) is 0 Å². The Balaban J connectivity index is 1.41. The Kier molecular flexibility index (Phi) is 5.81. The molecule has 0 unspecified atom stereocenters. The molecule has 0 N–H and O–H groups in total. The zero-order chi connectivity index (χ0) is 20.2. The predicted molar refractivity (Wildman–Crippen MR) is 117 cm³/mol. The minimum Gasteiger partial charge on any atom is -0.486 e. The number of carbonyl (C=O) groups is 1. The van der Waals surface area contributed by atoms with Gasteiger partial charge in [0.15, 0.2) is 0 Å². The number of para-hydroxylation sites is 1.